The molecule has 0 bridgehead atoms. The number of nitrogens with zero attached hydrogens (tertiary/aromatic N) is 1. The summed E-state index contributed by atoms with van der Waals surface area (Å²) in [7, 11) is 5.27. The van der Waals surface area contributed by atoms with Crippen LogP contribution in [0.5, 0.6) is 11.5 Å². The van der Waals surface area contributed by atoms with Gasteiger partial charge in [0.15, 0.2) is 0 Å². The molecule has 1 aliphatic rings. The third kappa shape index (κ3) is 3.55. The van der Waals surface area contributed by atoms with E-state index in [0.29, 0.717) is 12.1 Å². The Morgan fingerprint density at radius 2 is 1.86 bits per heavy atom. The zero-order valence-electron chi connectivity index (χ0n) is 13.2. The molecule has 3 rings (SSSR count). The minimum Gasteiger partial charge on any atom is -0.455 e. The molecule has 11 heteroatoms. The normalized spacial score (nSPS) is 19.6. The van der Waals surface area contributed by atoms with Crippen molar-refractivity contribution >= 4 is 7.85 Å². The summed E-state index contributed by atoms with van der Waals surface area (Å²) in [6, 6.07) is 2.03. The van der Waals surface area contributed by atoms with Crippen molar-refractivity contribution in [1.82, 2.24) is 4.98 Å². The van der Waals surface area contributed by atoms with Gasteiger partial charge in [-0.3, -0.25) is 4.98 Å². The van der Waals surface area contributed by atoms with Crippen LogP contribution in [0.2, 0.25) is 6.32 Å². The molecule has 2 heterocycles. The standard InChI is InChI=1S/C16H9BF7NO2.CH4/c17-4-11-12-9(15(21,22)16(23,24)27-11)1-2-10(13(12)14(19)20)26-8-3-7(18)5-25-6-8;/h1-3,5-6,11,14H,4H2;1H4. The predicted molar refractivity (Wildman–Crippen MR) is 85.6 cm³/mol. The smallest absolute Gasteiger partial charge is 0.424 e. The number of aromatic nitrogens is 1. The van der Waals surface area contributed by atoms with Crippen molar-refractivity contribution in [2.75, 3.05) is 0 Å². The summed E-state index contributed by atoms with van der Waals surface area (Å²) in [4.78, 5) is 3.46. The van der Waals surface area contributed by atoms with Crippen molar-refractivity contribution in [1.29, 1.82) is 0 Å². The molecule has 2 aromatic rings. The SMILES string of the molecule is C.[B]CC1OC(F)(F)C(F)(F)c2ccc(Oc3cncc(F)c3)c(C(F)F)c21. The van der Waals surface area contributed by atoms with Gasteiger partial charge in [0.25, 0.3) is 6.43 Å². The van der Waals surface area contributed by atoms with Gasteiger partial charge in [-0.25, -0.2) is 13.2 Å². The quantitative estimate of drug-likeness (QED) is 0.465. The minimum atomic E-state index is -4.93. The molecule has 0 aliphatic carbocycles. The highest BCUT2D eigenvalue weighted by Crippen LogP contribution is 2.56. The van der Waals surface area contributed by atoms with E-state index in [9.17, 15) is 30.7 Å². The average Bonchev–Trinajstić information content (AvgIpc) is 2.57. The Bertz CT molecular complexity index is 863. The minimum absolute atomic E-state index is 0. The van der Waals surface area contributed by atoms with Gasteiger partial charge in [-0.05, 0) is 12.1 Å². The van der Waals surface area contributed by atoms with Gasteiger partial charge >= 0.3 is 12.0 Å². The van der Waals surface area contributed by atoms with Crippen LogP contribution in [0.25, 0.3) is 0 Å². The number of halogens is 7. The first kappa shape index (κ1) is 22.0. The van der Waals surface area contributed by atoms with Crippen LogP contribution in [0.1, 0.15) is 36.6 Å². The van der Waals surface area contributed by atoms with E-state index in [0.717, 1.165) is 18.5 Å². The van der Waals surface area contributed by atoms with Crippen molar-refractivity contribution in [2.45, 2.75) is 38.3 Å². The molecule has 1 aromatic heterocycles. The van der Waals surface area contributed by atoms with Crippen LogP contribution in [-0.2, 0) is 10.7 Å². The van der Waals surface area contributed by atoms with Gasteiger partial charge in [-0.2, -0.15) is 17.6 Å². The van der Waals surface area contributed by atoms with Crippen molar-refractivity contribution in [2.24, 2.45) is 0 Å². The first-order chi connectivity index (χ1) is 12.6. The first-order valence-corrected chi connectivity index (χ1v) is 7.46. The van der Waals surface area contributed by atoms with Gasteiger partial charge in [0.2, 0.25) is 0 Å². The molecule has 0 amide bonds. The summed E-state index contributed by atoms with van der Waals surface area (Å²) in [5, 5.41) is 0. The lowest BCUT2D eigenvalue weighted by Gasteiger charge is -2.38. The number of ether oxygens (including phenoxy) is 2. The van der Waals surface area contributed by atoms with Crippen molar-refractivity contribution in [3.05, 3.63) is 53.1 Å². The molecular weight excluding hydrogens is 394 g/mol. The molecule has 3 nitrogen and oxygen atoms in total. The van der Waals surface area contributed by atoms with Gasteiger partial charge < -0.3 is 9.47 Å². The highest BCUT2D eigenvalue weighted by atomic mass is 19.3. The topological polar surface area (TPSA) is 31.4 Å². The molecular formula is C17H13BF7NO2. The average molecular weight is 407 g/mol. The second-order valence-corrected chi connectivity index (χ2v) is 5.61. The second-order valence-electron chi connectivity index (χ2n) is 5.61. The largest absolute Gasteiger partial charge is 0.455 e. The monoisotopic (exact) mass is 407 g/mol. The maximum absolute atomic E-state index is 14.1. The third-order valence-electron chi connectivity index (χ3n) is 3.90. The summed E-state index contributed by atoms with van der Waals surface area (Å²) in [6.07, 6.45) is -9.18. The van der Waals surface area contributed by atoms with E-state index < -0.39 is 59.1 Å². The molecule has 0 fully saturated rings. The Balaban J connectivity index is 0.00000280. The number of benzene rings is 1. The van der Waals surface area contributed by atoms with E-state index in [1.54, 1.807) is 0 Å². The molecule has 1 aliphatic heterocycles. The summed E-state index contributed by atoms with van der Waals surface area (Å²) < 4.78 is 105. The van der Waals surface area contributed by atoms with Crippen LogP contribution in [-0.4, -0.2) is 18.9 Å². The first-order valence-electron chi connectivity index (χ1n) is 7.46. The van der Waals surface area contributed by atoms with E-state index >= 15 is 0 Å². The second kappa shape index (κ2) is 7.61. The van der Waals surface area contributed by atoms with E-state index in [-0.39, 0.29) is 13.2 Å². The summed E-state index contributed by atoms with van der Waals surface area (Å²) in [5.74, 6) is -6.64. The van der Waals surface area contributed by atoms with E-state index in [1.165, 1.54) is 0 Å². The molecule has 150 valence electrons. The van der Waals surface area contributed by atoms with Crippen molar-refractivity contribution < 1.29 is 40.2 Å². The Hall–Kier alpha value is -2.30. The maximum Gasteiger partial charge on any atom is 0.424 e. The lowest BCUT2D eigenvalue weighted by atomic mass is 9.83. The fourth-order valence-electron chi connectivity index (χ4n) is 2.76. The number of hydrogen-bond acceptors (Lipinski definition) is 3. The van der Waals surface area contributed by atoms with Gasteiger partial charge in [-0.15, -0.1) is 0 Å². The highest BCUT2D eigenvalue weighted by molar-refractivity contribution is 6.09. The van der Waals surface area contributed by atoms with Gasteiger partial charge in [0.05, 0.1) is 31.9 Å². The number of alkyl halides is 6. The number of pyridine rings is 1. The van der Waals surface area contributed by atoms with Crippen LogP contribution in [0.3, 0.4) is 0 Å². The Morgan fingerprint density at radius 1 is 1.18 bits per heavy atom. The molecule has 1 atom stereocenters. The zero-order chi connectivity index (χ0) is 20.0. The van der Waals surface area contributed by atoms with Crippen LogP contribution in [0.4, 0.5) is 30.7 Å². The molecule has 0 saturated carbocycles. The highest BCUT2D eigenvalue weighted by Gasteiger charge is 2.64. The lowest BCUT2D eigenvalue weighted by molar-refractivity contribution is -0.377. The lowest BCUT2D eigenvalue weighted by Crippen LogP contribution is -2.46. The van der Waals surface area contributed by atoms with E-state index in [2.05, 4.69) is 9.72 Å². The van der Waals surface area contributed by atoms with Crippen molar-refractivity contribution in [3.63, 3.8) is 0 Å². The number of fused-ring (bicyclic) bond motifs is 1. The predicted octanol–water partition coefficient (Wildman–Crippen LogP) is 5.93. The summed E-state index contributed by atoms with van der Waals surface area (Å²) >= 11 is 0. The van der Waals surface area contributed by atoms with E-state index in [4.69, 9.17) is 12.6 Å². The molecule has 0 saturated heterocycles. The molecule has 0 N–H and O–H groups in total. The van der Waals surface area contributed by atoms with Gasteiger partial charge in [-0.1, -0.05) is 13.7 Å². The molecule has 28 heavy (non-hydrogen) atoms. The maximum atomic E-state index is 14.1. The third-order valence-corrected chi connectivity index (χ3v) is 3.90. The fourth-order valence-corrected chi connectivity index (χ4v) is 2.76. The van der Waals surface area contributed by atoms with Crippen molar-refractivity contribution in [3.8, 4) is 11.5 Å². The molecule has 2 radical (unpaired) electrons. The van der Waals surface area contributed by atoms with Crippen LogP contribution in [0, 0.1) is 5.82 Å². The molecule has 1 aromatic carbocycles. The van der Waals surface area contributed by atoms with Crippen LogP contribution in [0.15, 0.2) is 30.6 Å². The van der Waals surface area contributed by atoms with Crippen LogP contribution < -0.4 is 4.74 Å². The fraction of sp³-hybridized carbons (Fsp3) is 0.353. The Kier molecular flexibility index (Phi) is 5.98. The van der Waals surface area contributed by atoms with Gasteiger partial charge in [0.1, 0.15) is 17.3 Å². The Labute approximate surface area is 156 Å². The van der Waals surface area contributed by atoms with E-state index in [1.807, 2.05) is 0 Å². The number of hydrogen-bond donors (Lipinski definition) is 0. The van der Waals surface area contributed by atoms with Crippen LogP contribution >= 0.6 is 0 Å². The Morgan fingerprint density at radius 3 is 2.43 bits per heavy atom. The molecule has 1 unspecified atom stereocenters. The summed E-state index contributed by atoms with van der Waals surface area (Å²) in [6.45, 7) is 0. The number of rotatable bonds is 4. The molecule has 0 spiro atoms. The van der Waals surface area contributed by atoms with Gasteiger partial charge in [0, 0.05) is 17.2 Å². The summed E-state index contributed by atoms with van der Waals surface area (Å²) in [5.41, 5.74) is -3.32. The zero-order valence-corrected chi connectivity index (χ0v) is 13.2.